The third-order valence-corrected chi connectivity index (χ3v) is 4.21. The number of benzene rings is 2. The van der Waals surface area contributed by atoms with Crippen molar-refractivity contribution in [2.75, 3.05) is 14.2 Å². The quantitative estimate of drug-likeness (QED) is 0.750. The largest absolute Gasteiger partial charge is 0.507 e. The summed E-state index contributed by atoms with van der Waals surface area (Å²) in [6, 6.07) is 1.77. The van der Waals surface area contributed by atoms with Gasteiger partial charge in [0.1, 0.15) is 34.2 Å². The average molecular weight is 302 g/mol. The van der Waals surface area contributed by atoms with E-state index in [-0.39, 0.29) is 11.5 Å². The first-order valence-electron chi connectivity index (χ1n) is 6.91. The monoisotopic (exact) mass is 302 g/mol. The first-order chi connectivity index (χ1) is 10.4. The zero-order valence-corrected chi connectivity index (χ0v) is 13.2. The van der Waals surface area contributed by atoms with Gasteiger partial charge in [-0.2, -0.15) is 0 Å². The highest BCUT2D eigenvalue weighted by atomic mass is 16.5. The summed E-state index contributed by atoms with van der Waals surface area (Å²) in [5, 5.41) is 21.8. The lowest BCUT2D eigenvalue weighted by Crippen LogP contribution is -1.91. The highest BCUT2D eigenvalue weighted by molar-refractivity contribution is 6.14. The second-order valence-electron chi connectivity index (χ2n) is 5.36. The van der Waals surface area contributed by atoms with E-state index in [0.29, 0.717) is 44.6 Å². The molecule has 0 amide bonds. The van der Waals surface area contributed by atoms with Crippen molar-refractivity contribution < 1.29 is 24.1 Å². The molecular formula is C17H18O5. The zero-order valence-electron chi connectivity index (χ0n) is 13.2. The van der Waals surface area contributed by atoms with Crippen LogP contribution >= 0.6 is 0 Å². The Labute approximate surface area is 127 Å². The van der Waals surface area contributed by atoms with Crippen LogP contribution in [0.15, 0.2) is 10.5 Å². The maximum absolute atomic E-state index is 10.5. The lowest BCUT2D eigenvalue weighted by Gasteiger charge is -2.10. The van der Waals surface area contributed by atoms with Gasteiger partial charge in [-0.15, -0.1) is 0 Å². The summed E-state index contributed by atoms with van der Waals surface area (Å²) in [5.41, 5.74) is 2.84. The van der Waals surface area contributed by atoms with Gasteiger partial charge in [0.05, 0.1) is 25.0 Å². The van der Waals surface area contributed by atoms with E-state index in [1.165, 1.54) is 0 Å². The summed E-state index contributed by atoms with van der Waals surface area (Å²) in [7, 11) is 3.13. The van der Waals surface area contributed by atoms with Crippen LogP contribution in [0.3, 0.4) is 0 Å². The molecule has 0 aliphatic rings. The minimum Gasteiger partial charge on any atom is -0.507 e. The molecule has 116 valence electrons. The Bertz CT molecular complexity index is 905. The number of fused-ring (bicyclic) bond motifs is 3. The van der Waals surface area contributed by atoms with E-state index in [1.807, 2.05) is 6.92 Å². The Balaban J connectivity index is 2.65. The number of hydrogen-bond donors (Lipinski definition) is 2. The molecule has 5 heteroatoms. The van der Waals surface area contributed by atoms with Crippen molar-refractivity contribution in [3.05, 3.63) is 22.8 Å². The Morgan fingerprint density at radius 2 is 1.36 bits per heavy atom. The van der Waals surface area contributed by atoms with Crippen molar-refractivity contribution in [3.63, 3.8) is 0 Å². The van der Waals surface area contributed by atoms with Crippen LogP contribution in [0, 0.1) is 20.8 Å². The van der Waals surface area contributed by atoms with Crippen LogP contribution in [0.25, 0.3) is 21.9 Å². The summed E-state index contributed by atoms with van der Waals surface area (Å²) < 4.78 is 16.7. The first kappa shape index (κ1) is 14.4. The summed E-state index contributed by atoms with van der Waals surface area (Å²) in [6.45, 7) is 5.30. The molecule has 3 rings (SSSR count). The fourth-order valence-electron chi connectivity index (χ4n) is 2.89. The van der Waals surface area contributed by atoms with E-state index >= 15 is 0 Å². The number of methoxy groups -OCH3 is 2. The lowest BCUT2D eigenvalue weighted by atomic mass is 10.0. The number of hydrogen-bond acceptors (Lipinski definition) is 5. The normalized spacial score (nSPS) is 11.3. The third kappa shape index (κ3) is 1.65. The Morgan fingerprint density at radius 3 is 1.95 bits per heavy atom. The molecule has 1 aromatic heterocycles. The number of ether oxygens (including phenoxy) is 2. The molecular weight excluding hydrogens is 284 g/mol. The standard InChI is InChI=1S/C17H18O5/c1-7-10(20-4)6-11(21-5)12-13-15(19)8(2)14(18)9(3)17(13)22-16(7)12/h6,18-19H,1-5H3. The van der Waals surface area contributed by atoms with Gasteiger partial charge in [-0.25, -0.2) is 0 Å². The van der Waals surface area contributed by atoms with Gasteiger partial charge >= 0.3 is 0 Å². The SMILES string of the molecule is COc1cc(OC)c2c(oc3c(C)c(O)c(C)c(O)c32)c1C. The minimum atomic E-state index is -0.000262. The summed E-state index contributed by atoms with van der Waals surface area (Å²) >= 11 is 0. The molecule has 0 saturated carbocycles. The average Bonchev–Trinajstić information content (AvgIpc) is 2.92. The first-order valence-corrected chi connectivity index (χ1v) is 6.91. The van der Waals surface area contributed by atoms with E-state index in [1.54, 1.807) is 34.1 Å². The number of aryl methyl sites for hydroxylation is 2. The van der Waals surface area contributed by atoms with Gasteiger partial charge in [-0.3, -0.25) is 0 Å². The van der Waals surface area contributed by atoms with Crippen molar-refractivity contribution in [3.8, 4) is 23.0 Å². The van der Waals surface area contributed by atoms with Gasteiger partial charge in [-0.1, -0.05) is 0 Å². The van der Waals surface area contributed by atoms with Crippen molar-refractivity contribution in [2.24, 2.45) is 0 Å². The molecule has 0 atom stereocenters. The highest BCUT2D eigenvalue weighted by Gasteiger charge is 2.24. The molecule has 22 heavy (non-hydrogen) atoms. The molecule has 5 nitrogen and oxygen atoms in total. The van der Waals surface area contributed by atoms with Gasteiger partial charge in [0.2, 0.25) is 0 Å². The van der Waals surface area contributed by atoms with Crippen LogP contribution in [-0.4, -0.2) is 24.4 Å². The zero-order chi connectivity index (χ0) is 16.2. The second-order valence-corrected chi connectivity index (χ2v) is 5.36. The molecule has 0 aliphatic heterocycles. The maximum Gasteiger partial charge on any atom is 0.145 e. The molecule has 0 spiro atoms. The number of furan rings is 1. The second kappa shape index (κ2) is 4.73. The van der Waals surface area contributed by atoms with Crippen LogP contribution in [-0.2, 0) is 0 Å². The number of rotatable bonds is 2. The van der Waals surface area contributed by atoms with Crippen molar-refractivity contribution in [1.82, 2.24) is 0 Å². The number of phenolic OH excluding ortho intramolecular Hbond substituents is 2. The van der Waals surface area contributed by atoms with E-state index in [0.717, 1.165) is 5.56 Å². The number of aromatic hydroxyl groups is 2. The molecule has 0 radical (unpaired) electrons. The van der Waals surface area contributed by atoms with Crippen molar-refractivity contribution >= 4 is 21.9 Å². The van der Waals surface area contributed by atoms with Crippen molar-refractivity contribution in [2.45, 2.75) is 20.8 Å². The van der Waals surface area contributed by atoms with E-state index in [4.69, 9.17) is 13.9 Å². The molecule has 0 aliphatic carbocycles. The maximum atomic E-state index is 10.5. The van der Waals surface area contributed by atoms with Crippen LogP contribution in [0.5, 0.6) is 23.0 Å². The van der Waals surface area contributed by atoms with Gasteiger partial charge in [0, 0.05) is 22.8 Å². The third-order valence-electron chi connectivity index (χ3n) is 4.21. The Kier molecular flexibility index (Phi) is 3.09. The molecule has 3 aromatic rings. The topological polar surface area (TPSA) is 72.1 Å². The molecule has 2 N–H and O–H groups in total. The van der Waals surface area contributed by atoms with E-state index < -0.39 is 0 Å². The summed E-state index contributed by atoms with van der Waals surface area (Å²) in [4.78, 5) is 0. The van der Waals surface area contributed by atoms with E-state index in [9.17, 15) is 10.2 Å². The molecule has 1 heterocycles. The van der Waals surface area contributed by atoms with Crippen LogP contribution in [0.4, 0.5) is 0 Å². The molecule has 0 unspecified atom stereocenters. The predicted octanol–water partition coefficient (Wildman–Crippen LogP) is 3.94. The van der Waals surface area contributed by atoms with E-state index in [2.05, 4.69) is 0 Å². The molecule has 0 fully saturated rings. The van der Waals surface area contributed by atoms with Gasteiger partial charge in [0.15, 0.2) is 0 Å². The Morgan fingerprint density at radius 1 is 0.773 bits per heavy atom. The summed E-state index contributed by atoms with van der Waals surface area (Å²) in [6.07, 6.45) is 0. The molecule has 0 bridgehead atoms. The van der Waals surface area contributed by atoms with Crippen LogP contribution in [0.2, 0.25) is 0 Å². The Hall–Kier alpha value is -2.56. The van der Waals surface area contributed by atoms with Crippen molar-refractivity contribution in [1.29, 1.82) is 0 Å². The number of phenols is 2. The van der Waals surface area contributed by atoms with Crippen LogP contribution in [0.1, 0.15) is 16.7 Å². The fraction of sp³-hybridized carbons (Fsp3) is 0.294. The highest BCUT2D eigenvalue weighted by Crippen LogP contribution is 2.48. The van der Waals surface area contributed by atoms with Gasteiger partial charge in [-0.05, 0) is 20.8 Å². The lowest BCUT2D eigenvalue weighted by molar-refractivity contribution is 0.395. The summed E-state index contributed by atoms with van der Waals surface area (Å²) in [5.74, 6) is 1.23. The predicted molar refractivity (Wildman–Crippen MR) is 84.4 cm³/mol. The minimum absolute atomic E-state index is 0.000262. The van der Waals surface area contributed by atoms with Gasteiger partial charge < -0.3 is 24.1 Å². The molecule has 0 saturated heterocycles. The molecule has 2 aromatic carbocycles. The fourth-order valence-corrected chi connectivity index (χ4v) is 2.89. The van der Waals surface area contributed by atoms with Gasteiger partial charge in [0.25, 0.3) is 0 Å². The van der Waals surface area contributed by atoms with Crippen LogP contribution < -0.4 is 9.47 Å². The smallest absolute Gasteiger partial charge is 0.145 e.